The molecule has 0 bridgehead atoms. The molecule has 1 amide bonds. The zero-order valence-electron chi connectivity index (χ0n) is 18.2. The van der Waals surface area contributed by atoms with Crippen LogP contribution in [0.1, 0.15) is 30.7 Å². The molecule has 0 spiro atoms. The summed E-state index contributed by atoms with van der Waals surface area (Å²) in [6, 6.07) is 10.4. The molecule has 1 aromatic heterocycles. The highest BCUT2D eigenvalue weighted by Crippen LogP contribution is 2.38. The SMILES string of the molecule is Cc1cc(C(O)NCC(F)(F)F)ccc1-c1cc(N)c2cnc(NC(=O)[C@@H]3C[C@H]3C)cc2c1. The molecule has 1 heterocycles. The Bertz CT molecular complexity index is 1210. The van der Waals surface area contributed by atoms with E-state index >= 15 is 0 Å². The highest BCUT2D eigenvalue weighted by Gasteiger charge is 2.39. The van der Waals surface area contributed by atoms with E-state index in [-0.39, 0.29) is 11.8 Å². The van der Waals surface area contributed by atoms with Gasteiger partial charge in [-0.1, -0.05) is 25.1 Å². The predicted octanol–water partition coefficient (Wildman–Crippen LogP) is 4.53. The van der Waals surface area contributed by atoms with Crippen LogP contribution in [-0.2, 0) is 4.79 Å². The fraction of sp³-hybridized carbons (Fsp3) is 0.333. The number of aryl methyl sites for hydroxylation is 1. The van der Waals surface area contributed by atoms with E-state index in [2.05, 4.69) is 15.6 Å². The number of nitrogens with two attached hydrogens (primary N) is 1. The minimum absolute atomic E-state index is 0.0287. The van der Waals surface area contributed by atoms with Crippen LogP contribution in [0.5, 0.6) is 0 Å². The van der Waals surface area contributed by atoms with Crippen molar-refractivity contribution in [3.63, 3.8) is 0 Å². The zero-order valence-corrected chi connectivity index (χ0v) is 18.2. The molecule has 1 saturated carbocycles. The number of anilines is 2. The normalized spacial score (nSPS) is 18.8. The van der Waals surface area contributed by atoms with Crippen molar-refractivity contribution in [3.05, 3.63) is 53.7 Å². The Kier molecular flexibility index (Phi) is 6.02. The van der Waals surface area contributed by atoms with Gasteiger partial charge in [0.25, 0.3) is 0 Å². The van der Waals surface area contributed by atoms with Gasteiger partial charge in [0, 0.05) is 23.2 Å². The average Bonchev–Trinajstić information content (AvgIpc) is 3.48. The molecule has 1 fully saturated rings. The Morgan fingerprint density at radius 3 is 2.64 bits per heavy atom. The maximum absolute atomic E-state index is 12.4. The third-order valence-electron chi connectivity index (χ3n) is 5.94. The molecule has 33 heavy (non-hydrogen) atoms. The van der Waals surface area contributed by atoms with E-state index in [9.17, 15) is 23.1 Å². The van der Waals surface area contributed by atoms with Gasteiger partial charge in [0.2, 0.25) is 5.91 Å². The zero-order chi connectivity index (χ0) is 23.9. The number of fused-ring (bicyclic) bond motifs is 1. The first-order valence-electron chi connectivity index (χ1n) is 10.6. The van der Waals surface area contributed by atoms with Crippen molar-refractivity contribution in [2.24, 2.45) is 11.8 Å². The molecule has 0 radical (unpaired) electrons. The van der Waals surface area contributed by atoms with Crippen molar-refractivity contribution < 1.29 is 23.1 Å². The molecule has 1 aliphatic rings. The first-order chi connectivity index (χ1) is 15.5. The lowest BCUT2D eigenvalue weighted by Crippen LogP contribution is -2.32. The van der Waals surface area contributed by atoms with E-state index < -0.39 is 18.9 Å². The summed E-state index contributed by atoms with van der Waals surface area (Å²) in [5.41, 5.74) is 9.49. The van der Waals surface area contributed by atoms with Crippen LogP contribution in [0.15, 0.2) is 42.6 Å². The van der Waals surface area contributed by atoms with Crippen molar-refractivity contribution in [1.82, 2.24) is 10.3 Å². The molecule has 3 aromatic rings. The summed E-state index contributed by atoms with van der Waals surface area (Å²) in [6.07, 6.45) is -3.35. The van der Waals surface area contributed by atoms with Gasteiger partial charge >= 0.3 is 6.18 Å². The lowest BCUT2D eigenvalue weighted by Gasteiger charge is -2.17. The molecule has 2 aromatic carbocycles. The molecule has 3 atom stereocenters. The first kappa shape index (κ1) is 23.0. The monoisotopic (exact) mass is 458 g/mol. The lowest BCUT2D eigenvalue weighted by molar-refractivity contribution is -0.131. The lowest BCUT2D eigenvalue weighted by atomic mass is 9.95. The van der Waals surface area contributed by atoms with Gasteiger partial charge < -0.3 is 16.2 Å². The molecule has 1 unspecified atom stereocenters. The molecule has 5 N–H and O–H groups in total. The number of amides is 1. The second kappa shape index (κ2) is 8.64. The van der Waals surface area contributed by atoms with Gasteiger partial charge in [-0.2, -0.15) is 13.2 Å². The number of carbonyl (C=O) groups excluding carboxylic acids is 1. The fourth-order valence-corrected chi connectivity index (χ4v) is 3.93. The van der Waals surface area contributed by atoms with Gasteiger partial charge in [-0.25, -0.2) is 4.98 Å². The van der Waals surface area contributed by atoms with Crippen LogP contribution in [0.2, 0.25) is 0 Å². The second-order valence-corrected chi connectivity index (χ2v) is 8.64. The molecule has 0 saturated heterocycles. The number of nitrogen functional groups attached to an aromatic ring is 1. The van der Waals surface area contributed by atoms with E-state index in [1.807, 2.05) is 19.9 Å². The van der Waals surface area contributed by atoms with E-state index in [1.165, 1.54) is 0 Å². The van der Waals surface area contributed by atoms with Crippen LogP contribution in [0, 0.1) is 18.8 Å². The Hall–Kier alpha value is -3.17. The number of carbonyl (C=O) groups is 1. The van der Waals surface area contributed by atoms with Crippen LogP contribution >= 0.6 is 0 Å². The Labute approximate surface area is 189 Å². The second-order valence-electron chi connectivity index (χ2n) is 8.64. The van der Waals surface area contributed by atoms with E-state index in [1.54, 1.807) is 36.5 Å². The number of benzene rings is 2. The maximum atomic E-state index is 12.4. The smallest absolute Gasteiger partial charge is 0.398 e. The summed E-state index contributed by atoms with van der Waals surface area (Å²) in [4.78, 5) is 16.5. The standard InChI is InChI=1S/C24H25F3N4O2/c1-12-5-14(22(32)30-11-24(25,26)27)3-4-17(12)15-7-16-9-21(29-10-19(16)20(28)8-15)31-23(33)18-6-13(18)2/h3-5,7-10,13,18,22,30,32H,6,11,28H2,1-2H3,(H,29,31,33)/t13-,18-,22?/m1/s1. The average molecular weight is 458 g/mol. The van der Waals surface area contributed by atoms with Gasteiger partial charge in [-0.3, -0.25) is 10.1 Å². The number of halogens is 3. The van der Waals surface area contributed by atoms with Crippen molar-refractivity contribution in [1.29, 1.82) is 0 Å². The van der Waals surface area contributed by atoms with E-state index in [0.717, 1.165) is 33.9 Å². The molecular weight excluding hydrogens is 433 g/mol. The number of nitrogens with zero attached hydrogens (tertiary/aromatic N) is 1. The molecule has 1 aliphatic carbocycles. The maximum Gasteiger partial charge on any atom is 0.401 e. The molecule has 4 rings (SSSR count). The van der Waals surface area contributed by atoms with Gasteiger partial charge in [0.15, 0.2) is 0 Å². The summed E-state index contributed by atoms with van der Waals surface area (Å²) < 4.78 is 37.2. The minimum Gasteiger partial charge on any atom is -0.398 e. The van der Waals surface area contributed by atoms with Crippen LogP contribution in [0.4, 0.5) is 24.7 Å². The van der Waals surface area contributed by atoms with Crippen molar-refractivity contribution in [2.75, 3.05) is 17.6 Å². The summed E-state index contributed by atoms with van der Waals surface area (Å²) in [7, 11) is 0. The predicted molar refractivity (Wildman–Crippen MR) is 121 cm³/mol. The Morgan fingerprint density at radius 1 is 1.27 bits per heavy atom. The first-order valence-corrected chi connectivity index (χ1v) is 10.6. The van der Waals surface area contributed by atoms with Crippen LogP contribution in [-0.4, -0.2) is 28.7 Å². The molecule has 6 nitrogen and oxygen atoms in total. The van der Waals surface area contributed by atoms with Gasteiger partial charge in [0.05, 0.1) is 6.54 Å². The number of alkyl halides is 3. The van der Waals surface area contributed by atoms with Crippen molar-refractivity contribution in [2.45, 2.75) is 32.7 Å². The third-order valence-corrected chi connectivity index (χ3v) is 5.94. The molecule has 174 valence electrons. The number of hydrogen-bond acceptors (Lipinski definition) is 5. The largest absolute Gasteiger partial charge is 0.401 e. The quantitative estimate of drug-likeness (QED) is 0.321. The van der Waals surface area contributed by atoms with Crippen LogP contribution in [0.3, 0.4) is 0 Å². The molecule has 9 heteroatoms. The number of aliphatic hydroxyl groups is 1. The Balaban J connectivity index is 1.60. The highest BCUT2D eigenvalue weighted by molar-refractivity contribution is 6.00. The van der Waals surface area contributed by atoms with Gasteiger partial charge in [-0.15, -0.1) is 0 Å². The summed E-state index contributed by atoms with van der Waals surface area (Å²) in [5, 5.41) is 16.5. The minimum atomic E-state index is -4.41. The van der Waals surface area contributed by atoms with Gasteiger partial charge in [-0.05, 0) is 65.1 Å². The summed E-state index contributed by atoms with van der Waals surface area (Å²) in [6.45, 7) is 2.55. The number of rotatable bonds is 6. The fourth-order valence-electron chi connectivity index (χ4n) is 3.93. The number of aliphatic hydroxyl groups excluding tert-OH is 1. The summed E-state index contributed by atoms with van der Waals surface area (Å²) in [5.74, 6) is 0.832. The number of hydrogen-bond donors (Lipinski definition) is 4. The third kappa shape index (κ3) is 5.26. The van der Waals surface area contributed by atoms with Crippen molar-refractivity contribution >= 4 is 28.2 Å². The highest BCUT2D eigenvalue weighted by atomic mass is 19.4. The topological polar surface area (TPSA) is 100 Å². The van der Waals surface area contributed by atoms with Crippen LogP contribution < -0.4 is 16.4 Å². The van der Waals surface area contributed by atoms with E-state index in [0.29, 0.717) is 23.0 Å². The molecular formula is C24H25F3N4O2. The van der Waals surface area contributed by atoms with Crippen molar-refractivity contribution in [3.8, 4) is 11.1 Å². The number of nitrogens with one attached hydrogen (secondary N) is 2. The summed E-state index contributed by atoms with van der Waals surface area (Å²) >= 11 is 0. The number of pyridine rings is 1. The molecule has 0 aliphatic heterocycles. The Morgan fingerprint density at radius 2 is 2.00 bits per heavy atom. The van der Waals surface area contributed by atoms with Crippen LogP contribution in [0.25, 0.3) is 21.9 Å². The number of aromatic nitrogens is 1. The van der Waals surface area contributed by atoms with Gasteiger partial charge in [0.1, 0.15) is 12.0 Å². The van der Waals surface area contributed by atoms with E-state index in [4.69, 9.17) is 5.73 Å².